The van der Waals surface area contributed by atoms with E-state index < -0.39 is 0 Å². The molecule has 352 valence electrons. The molecule has 0 saturated heterocycles. The molecule has 0 fully saturated rings. The Morgan fingerprint density at radius 2 is 1.22 bits per heavy atom. The molecule has 1 nitrogen and oxygen atoms in total. The van der Waals surface area contributed by atoms with Crippen LogP contribution in [0.15, 0.2) is 141 Å². The second-order valence-electron chi connectivity index (χ2n) is 15.2. The van der Waals surface area contributed by atoms with Crippen molar-refractivity contribution in [1.82, 2.24) is 5.32 Å². The average molecular weight is 858 g/mol. The van der Waals surface area contributed by atoms with Crippen molar-refractivity contribution in [3.05, 3.63) is 180 Å². The summed E-state index contributed by atoms with van der Waals surface area (Å²) in [6.45, 7) is 57.5. The van der Waals surface area contributed by atoms with Gasteiger partial charge in [0, 0.05) is 0 Å². The molecule has 0 bridgehead atoms. The van der Waals surface area contributed by atoms with Gasteiger partial charge in [-0.2, -0.15) is 0 Å². The van der Waals surface area contributed by atoms with Gasteiger partial charge in [0.1, 0.15) is 0 Å². The van der Waals surface area contributed by atoms with Crippen LogP contribution in [0.1, 0.15) is 189 Å². The van der Waals surface area contributed by atoms with Gasteiger partial charge in [-0.05, 0) is 143 Å². The molecular formula is C62H99N. The van der Waals surface area contributed by atoms with Crippen molar-refractivity contribution in [3.8, 4) is 0 Å². The number of hydrogen-bond donors (Lipinski definition) is 1. The first-order valence-electron chi connectivity index (χ1n) is 24.3. The Hall–Kier alpha value is -4.46. The van der Waals surface area contributed by atoms with Gasteiger partial charge in [-0.15, -0.1) is 0 Å². The molecule has 0 aromatic heterocycles. The summed E-state index contributed by atoms with van der Waals surface area (Å²) >= 11 is 0. The van der Waals surface area contributed by atoms with Gasteiger partial charge in [-0.3, -0.25) is 0 Å². The molecule has 0 amide bonds. The van der Waals surface area contributed by atoms with E-state index in [-0.39, 0.29) is 11.0 Å². The van der Waals surface area contributed by atoms with Gasteiger partial charge < -0.3 is 5.32 Å². The Bertz CT molecular complexity index is 1800. The van der Waals surface area contributed by atoms with E-state index in [0.717, 1.165) is 48.8 Å². The fraction of sp³-hybridized carbons (Fsp3) is 0.452. The molecule has 4 rings (SSSR count). The Morgan fingerprint density at radius 1 is 0.714 bits per heavy atom. The number of likely N-dealkylation sites (N-methyl/N-ethyl adjacent to an activating group) is 1. The van der Waals surface area contributed by atoms with Crippen molar-refractivity contribution in [1.29, 1.82) is 0 Å². The van der Waals surface area contributed by atoms with Crippen molar-refractivity contribution < 1.29 is 0 Å². The molecule has 0 saturated carbocycles. The lowest BCUT2D eigenvalue weighted by Crippen LogP contribution is -2.49. The van der Waals surface area contributed by atoms with Crippen LogP contribution in [0.2, 0.25) is 0 Å². The molecule has 0 spiro atoms. The summed E-state index contributed by atoms with van der Waals surface area (Å²) in [7, 11) is 2.08. The second-order valence-corrected chi connectivity index (χ2v) is 15.2. The van der Waals surface area contributed by atoms with Crippen LogP contribution in [-0.4, -0.2) is 12.6 Å². The maximum Gasteiger partial charge on any atom is 0.0627 e. The molecule has 3 aromatic carbocycles. The van der Waals surface area contributed by atoms with E-state index in [9.17, 15) is 0 Å². The van der Waals surface area contributed by atoms with E-state index >= 15 is 0 Å². The molecule has 1 aliphatic carbocycles. The molecule has 1 N–H and O–H groups in total. The molecule has 0 aliphatic heterocycles. The summed E-state index contributed by atoms with van der Waals surface area (Å²) in [5, 5.41) is 3.64. The average Bonchev–Trinajstić information content (AvgIpc) is 3.32. The molecule has 1 aliphatic rings. The second kappa shape index (κ2) is 38.0. The van der Waals surface area contributed by atoms with E-state index in [4.69, 9.17) is 0 Å². The third-order valence-electron chi connectivity index (χ3n) is 10.9. The highest BCUT2D eigenvalue weighted by molar-refractivity contribution is 5.80. The summed E-state index contributed by atoms with van der Waals surface area (Å²) in [6, 6.07) is 23.7. The molecule has 63 heavy (non-hydrogen) atoms. The topological polar surface area (TPSA) is 12.0 Å². The van der Waals surface area contributed by atoms with Crippen LogP contribution in [0.3, 0.4) is 0 Å². The number of rotatable bonds is 11. The van der Waals surface area contributed by atoms with E-state index in [2.05, 4.69) is 180 Å². The number of allylic oxidation sites excluding steroid dienone is 10. The number of aryl methyl sites for hydroxylation is 3. The fourth-order valence-electron chi connectivity index (χ4n) is 6.85. The van der Waals surface area contributed by atoms with Crippen LogP contribution in [0.5, 0.6) is 0 Å². The summed E-state index contributed by atoms with van der Waals surface area (Å²) in [6.07, 6.45) is 18.4. The minimum atomic E-state index is -0.121. The molecule has 1 heteroatoms. The zero-order valence-corrected chi connectivity index (χ0v) is 45.2. The first-order chi connectivity index (χ1) is 30.0. The van der Waals surface area contributed by atoms with Gasteiger partial charge in [0.15, 0.2) is 0 Å². The van der Waals surface area contributed by atoms with Crippen LogP contribution in [0.4, 0.5) is 0 Å². The van der Waals surface area contributed by atoms with Gasteiger partial charge in [-0.1, -0.05) is 242 Å². The quantitative estimate of drug-likeness (QED) is 0.150. The Labute approximate surface area is 394 Å². The Balaban J connectivity index is -0.000000377. The SMILES string of the molecule is C=C(C)c1ccc(C2=CCC(C)(CC)/C(=C\CC)C2(C)NC)cc1.C=C(C)c1ccccc1C(=C)C.C=C/C=C\C(=C/C)CC.CC.CC.CC.CC.CCc1ccc(C)c(C)c1. The summed E-state index contributed by atoms with van der Waals surface area (Å²) < 4.78 is 0. The summed E-state index contributed by atoms with van der Waals surface area (Å²) in [5.74, 6) is 0. The van der Waals surface area contributed by atoms with Crippen molar-refractivity contribution in [2.75, 3.05) is 7.05 Å². The monoisotopic (exact) mass is 858 g/mol. The number of hydrogen-bond acceptors (Lipinski definition) is 1. The van der Waals surface area contributed by atoms with E-state index in [0.29, 0.717) is 0 Å². The lowest BCUT2D eigenvalue weighted by atomic mass is 9.61. The van der Waals surface area contributed by atoms with Gasteiger partial charge in [-0.25, -0.2) is 0 Å². The van der Waals surface area contributed by atoms with Gasteiger partial charge >= 0.3 is 0 Å². The van der Waals surface area contributed by atoms with Gasteiger partial charge in [0.2, 0.25) is 0 Å². The van der Waals surface area contributed by atoms with Crippen molar-refractivity contribution in [3.63, 3.8) is 0 Å². The molecule has 2 unspecified atom stereocenters. The van der Waals surface area contributed by atoms with E-state index in [1.165, 1.54) is 55.7 Å². The molecule has 2 atom stereocenters. The number of benzene rings is 3. The Kier molecular flexibility index (Phi) is 39.3. The minimum Gasteiger partial charge on any atom is -0.307 e. The lowest BCUT2D eigenvalue weighted by Gasteiger charge is -2.48. The van der Waals surface area contributed by atoms with Crippen LogP contribution < -0.4 is 5.32 Å². The minimum absolute atomic E-state index is 0.121. The first-order valence-corrected chi connectivity index (χ1v) is 24.3. The zero-order chi connectivity index (χ0) is 49.8. The van der Waals surface area contributed by atoms with Gasteiger partial charge in [0.05, 0.1) is 5.54 Å². The van der Waals surface area contributed by atoms with E-state index in [1.807, 2.05) is 94.4 Å². The zero-order valence-electron chi connectivity index (χ0n) is 45.2. The fourth-order valence-corrected chi connectivity index (χ4v) is 6.85. The van der Waals surface area contributed by atoms with Crippen LogP contribution in [0.25, 0.3) is 22.3 Å². The predicted octanol–water partition coefficient (Wildman–Crippen LogP) is 20.0. The van der Waals surface area contributed by atoms with E-state index in [1.54, 1.807) is 6.08 Å². The number of nitrogens with one attached hydrogen (secondary N) is 1. The first kappa shape index (κ1) is 65.2. The van der Waals surface area contributed by atoms with Crippen LogP contribution in [-0.2, 0) is 6.42 Å². The summed E-state index contributed by atoms with van der Waals surface area (Å²) in [5.41, 5.74) is 16.8. The normalized spacial score (nSPS) is 16.5. The molecule has 3 aromatic rings. The van der Waals surface area contributed by atoms with Crippen molar-refractivity contribution >= 4 is 22.3 Å². The molecule has 0 radical (unpaired) electrons. The standard InChI is InChI=1S/C23H33N.C12H14.C10H14.C9H14.4C2H6/c1-8-10-21-22(5,9-2)16-15-20(23(21,6)24-7)19-13-11-18(12-14-19)17(3)4;1-9(2)11-7-5-6-8-12(11)10(3)4;1-4-10-6-5-8(2)9(3)7-10;1-4-7-8-9(5-2)6-3;4*1-2/h10-15,24H,3,8-9,16H2,1-2,4-7H3;5-8H,1,3H2,2,4H3;5-7H,4H2,1-3H3;4-5,7-8H,1,6H2,2-3H3;4*1-2H3/b21-10+;;;8-7-,9-5-;;;;. The third kappa shape index (κ3) is 22.6. The third-order valence-corrected chi connectivity index (χ3v) is 10.9. The molecule has 0 heterocycles. The highest BCUT2D eigenvalue weighted by atomic mass is 14.9. The molecular weight excluding hydrogens is 759 g/mol. The largest absolute Gasteiger partial charge is 0.307 e. The highest BCUT2D eigenvalue weighted by Crippen LogP contribution is 2.50. The maximum atomic E-state index is 4.04. The predicted molar refractivity (Wildman–Crippen MR) is 298 cm³/mol. The van der Waals surface area contributed by atoms with Crippen molar-refractivity contribution in [2.45, 2.75) is 176 Å². The Morgan fingerprint density at radius 3 is 1.57 bits per heavy atom. The lowest BCUT2D eigenvalue weighted by molar-refractivity contribution is 0.318. The smallest absolute Gasteiger partial charge is 0.0627 e. The van der Waals surface area contributed by atoms with Crippen molar-refractivity contribution in [2.24, 2.45) is 5.41 Å². The van der Waals surface area contributed by atoms with Gasteiger partial charge in [0.25, 0.3) is 0 Å². The maximum absolute atomic E-state index is 4.04. The van der Waals surface area contributed by atoms with Crippen LogP contribution in [0, 0.1) is 19.3 Å². The van der Waals surface area contributed by atoms with Crippen LogP contribution >= 0.6 is 0 Å². The highest BCUT2D eigenvalue weighted by Gasteiger charge is 2.44. The summed E-state index contributed by atoms with van der Waals surface area (Å²) in [4.78, 5) is 0.